The average molecular weight is 369 g/mol. The van der Waals surface area contributed by atoms with Crippen LogP contribution in [0, 0.1) is 0 Å². The first kappa shape index (κ1) is 16.2. The standard InChI is InChI=1S/C14H13BrN2O5/c1-2-22-11(18)8-17-13(20)12(19)16(14(17)21)7-9-4-3-5-10(15)6-9/h3-6H,2,7-8H2,1H3. The molecule has 22 heavy (non-hydrogen) atoms. The average Bonchev–Trinajstić information content (AvgIpc) is 2.65. The van der Waals surface area contributed by atoms with Gasteiger partial charge in [-0.3, -0.25) is 19.3 Å². The van der Waals surface area contributed by atoms with Gasteiger partial charge in [0.25, 0.3) is 0 Å². The second kappa shape index (κ2) is 6.69. The second-order valence-electron chi connectivity index (χ2n) is 4.50. The number of benzene rings is 1. The van der Waals surface area contributed by atoms with Crippen LogP contribution in [0.15, 0.2) is 28.7 Å². The van der Waals surface area contributed by atoms with Gasteiger partial charge in [0.15, 0.2) is 0 Å². The molecular weight excluding hydrogens is 356 g/mol. The number of imide groups is 2. The van der Waals surface area contributed by atoms with Crippen LogP contribution in [0.25, 0.3) is 0 Å². The van der Waals surface area contributed by atoms with Crippen LogP contribution in [0.3, 0.4) is 0 Å². The zero-order valence-corrected chi connectivity index (χ0v) is 13.3. The number of hydrogen-bond acceptors (Lipinski definition) is 5. The number of carbonyl (C=O) groups is 4. The van der Waals surface area contributed by atoms with Crippen molar-refractivity contribution >= 4 is 39.7 Å². The van der Waals surface area contributed by atoms with Gasteiger partial charge in [-0.1, -0.05) is 28.1 Å². The fourth-order valence-corrected chi connectivity index (χ4v) is 2.43. The molecule has 0 aliphatic carbocycles. The molecule has 1 fully saturated rings. The van der Waals surface area contributed by atoms with Crippen LogP contribution in [-0.2, 0) is 25.7 Å². The number of halogens is 1. The van der Waals surface area contributed by atoms with E-state index in [1.807, 2.05) is 0 Å². The van der Waals surface area contributed by atoms with Crippen molar-refractivity contribution in [3.05, 3.63) is 34.3 Å². The highest BCUT2D eigenvalue weighted by Gasteiger charge is 2.45. The Morgan fingerprint density at radius 2 is 1.86 bits per heavy atom. The molecule has 1 aliphatic heterocycles. The molecule has 0 N–H and O–H groups in total. The van der Waals surface area contributed by atoms with Gasteiger partial charge < -0.3 is 4.74 Å². The summed E-state index contributed by atoms with van der Waals surface area (Å²) in [6.07, 6.45) is 0. The van der Waals surface area contributed by atoms with Gasteiger partial charge in [-0.15, -0.1) is 0 Å². The summed E-state index contributed by atoms with van der Waals surface area (Å²) < 4.78 is 5.47. The molecule has 0 bridgehead atoms. The molecule has 0 spiro atoms. The summed E-state index contributed by atoms with van der Waals surface area (Å²) in [6.45, 7) is 1.13. The number of carbonyl (C=O) groups excluding carboxylic acids is 4. The third-order valence-corrected chi connectivity index (χ3v) is 3.45. The summed E-state index contributed by atoms with van der Waals surface area (Å²) in [6, 6.07) is 6.20. The van der Waals surface area contributed by atoms with Gasteiger partial charge in [0.2, 0.25) is 0 Å². The quantitative estimate of drug-likeness (QED) is 0.444. The van der Waals surface area contributed by atoms with Crippen LogP contribution < -0.4 is 0 Å². The van der Waals surface area contributed by atoms with Gasteiger partial charge in [0.05, 0.1) is 13.2 Å². The monoisotopic (exact) mass is 368 g/mol. The molecule has 7 nitrogen and oxygen atoms in total. The van der Waals surface area contributed by atoms with Gasteiger partial charge in [-0.25, -0.2) is 9.69 Å². The highest BCUT2D eigenvalue weighted by Crippen LogP contribution is 2.18. The smallest absolute Gasteiger partial charge is 0.335 e. The first-order valence-electron chi connectivity index (χ1n) is 6.51. The topological polar surface area (TPSA) is 84.0 Å². The van der Waals surface area contributed by atoms with E-state index in [1.54, 1.807) is 31.2 Å². The highest BCUT2D eigenvalue weighted by atomic mass is 79.9. The first-order chi connectivity index (χ1) is 10.4. The summed E-state index contributed by atoms with van der Waals surface area (Å²) >= 11 is 3.29. The van der Waals surface area contributed by atoms with Crippen molar-refractivity contribution in [2.45, 2.75) is 13.5 Å². The van der Waals surface area contributed by atoms with E-state index in [-0.39, 0.29) is 13.2 Å². The van der Waals surface area contributed by atoms with Crippen LogP contribution in [-0.4, -0.2) is 46.8 Å². The highest BCUT2D eigenvalue weighted by molar-refractivity contribution is 9.10. The third-order valence-electron chi connectivity index (χ3n) is 2.96. The molecule has 0 aromatic heterocycles. The van der Waals surface area contributed by atoms with Crippen molar-refractivity contribution in [1.29, 1.82) is 0 Å². The summed E-state index contributed by atoms with van der Waals surface area (Å²) in [5.41, 5.74) is 0.682. The van der Waals surface area contributed by atoms with Crippen molar-refractivity contribution < 1.29 is 23.9 Å². The lowest BCUT2D eigenvalue weighted by molar-refractivity contribution is -0.148. The summed E-state index contributed by atoms with van der Waals surface area (Å²) in [5.74, 6) is -2.70. The van der Waals surface area contributed by atoms with Gasteiger partial charge in [-0.2, -0.15) is 0 Å². The number of nitrogens with zero attached hydrogens (tertiary/aromatic N) is 2. The maximum absolute atomic E-state index is 12.1. The molecule has 0 atom stereocenters. The molecule has 0 unspecified atom stereocenters. The van der Waals surface area contributed by atoms with Crippen molar-refractivity contribution in [3.8, 4) is 0 Å². The van der Waals surface area contributed by atoms with Crippen molar-refractivity contribution in [2.75, 3.05) is 13.2 Å². The molecule has 1 aromatic carbocycles. The molecule has 2 rings (SSSR count). The Hall–Kier alpha value is -2.22. The van der Waals surface area contributed by atoms with E-state index in [0.717, 1.165) is 9.37 Å². The third kappa shape index (κ3) is 3.33. The number of esters is 1. The number of ether oxygens (including phenoxy) is 1. The van der Waals surface area contributed by atoms with E-state index in [2.05, 4.69) is 20.7 Å². The predicted octanol–water partition coefficient (Wildman–Crippen LogP) is 1.30. The number of amides is 4. The molecule has 0 saturated carbocycles. The molecule has 8 heteroatoms. The Balaban J connectivity index is 2.13. The van der Waals surface area contributed by atoms with Crippen LogP contribution in [0.5, 0.6) is 0 Å². The molecule has 116 valence electrons. The zero-order valence-electron chi connectivity index (χ0n) is 11.7. The van der Waals surface area contributed by atoms with Crippen molar-refractivity contribution in [2.24, 2.45) is 0 Å². The largest absolute Gasteiger partial charge is 0.465 e. The summed E-state index contributed by atoms with van der Waals surface area (Å²) in [4.78, 5) is 48.7. The van der Waals surface area contributed by atoms with Crippen molar-refractivity contribution in [3.63, 3.8) is 0 Å². The number of urea groups is 1. The Morgan fingerprint density at radius 1 is 1.18 bits per heavy atom. The zero-order chi connectivity index (χ0) is 16.3. The lowest BCUT2D eigenvalue weighted by atomic mass is 10.2. The lowest BCUT2D eigenvalue weighted by Crippen LogP contribution is -2.37. The molecule has 1 heterocycles. The van der Waals surface area contributed by atoms with Crippen molar-refractivity contribution in [1.82, 2.24) is 9.80 Å². The minimum atomic E-state index is -1.02. The number of rotatable bonds is 5. The van der Waals surface area contributed by atoms with Gasteiger partial charge in [0.1, 0.15) is 6.54 Å². The van der Waals surface area contributed by atoms with E-state index < -0.39 is 30.4 Å². The van der Waals surface area contributed by atoms with E-state index in [4.69, 9.17) is 0 Å². The van der Waals surface area contributed by atoms with Crippen LogP contribution in [0.4, 0.5) is 4.79 Å². The molecular formula is C14H13BrN2O5. The second-order valence-corrected chi connectivity index (χ2v) is 5.42. The Kier molecular flexibility index (Phi) is 4.92. The van der Waals surface area contributed by atoms with Crippen LogP contribution in [0.1, 0.15) is 12.5 Å². The Bertz CT molecular complexity index is 646. The van der Waals surface area contributed by atoms with Gasteiger partial charge in [0, 0.05) is 4.47 Å². The van der Waals surface area contributed by atoms with E-state index >= 15 is 0 Å². The predicted molar refractivity (Wildman–Crippen MR) is 78.4 cm³/mol. The fourth-order valence-electron chi connectivity index (χ4n) is 1.98. The fraction of sp³-hybridized carbons (Fsp3) is 0.286. The van der Waals surface area contributed by atoms with Crippen LogP contribution in [0.2, 0.25) is 0 Å². The van der Waals surface area contributed by atoms with E-state index in [1.165, 1.54) is 0 Å². The minimum absolute atomic E-state index is 0.0395. The molecule has 1 saturated heterocycles. The SMILES string of the molecule is CCOC(=O)CN1C(=O)C(=O)N(Cc2cccc(Br)c2)C1=O. The lowest BCUT2D eigenvalue weighted by Gasteiger charge is -2.15. The molecule has 4 amide bonds. The van der Waals surface area contributed by atoms with Crippen LogP contribution >= 0.6 is 15.9 Å². The molecule has 1 aromatic rings. The Morgan fingerprint density at radius 3 is 2.50 bits per heavy atom. The summed E-state index contributed by atoms with van der Waals surface area (Å²) in [7, 11) is 0. The van der Waals surface area contributed by atoms with Gasteiger partial charge in [-0.05, 0) is 24.6 Å². The first-order valence-corrected chi connectivity index (χ1v) is 7.30. The van der Waals surface area contributed by atoms with Gasteiger partial charge >= 0.3 is 23.8 Å². The normalized spacial score (nSPS) is 14.7. The maximum atomic E-state index is 12.1. The van der Waals surface area contributed by atoms with E-state index in [0.29, 0.717) is 10.5 Å². The van der Waals surface area contributed by atoms with E-state index in [9.17, 15) is 19.2 Å². The number of hydrogen-bond donors (Lipinski definition) is 0. The Labute approximate surface area is 134 Å². The summed E-state index contributed by atoms with van der Waals surface area (Å²) in [5, 5.41) is 0. The minimum Gasteiger partial charge on any atom is -0.465 e. The maximum Gasteiger partial charge on any atom is 0.335 e. The molecule has 1 aliphatic rings. The molecule has 0 radical (unpaired) electrons.